The van der Waals surface area contributed by atoms with E-state index in [1.165, 1.54) is 22.7 Å². The van der Waals surface area contributed by atoms with Crippen molar-refractivity contribution in [3.63, 3.8) is 0 Å². The average molecular weight is 500 g/mol. The topological polar surface area (TPSA) is 75.6 Å². The van der Waals surface area contributed by atoms with Gasteiger partial charge in [-0.15, -0.1) is 0 Å². The van der Waals surface area contributed by atoms with Crippen molar-refractivity contribution in [2.24, 2.45) is 5.92 Å². The number of aromatic nitrogens is 2. The van der Waals surface area contributed by atoms with Crippen molar-refractivity contribution in [3.05, 3.63) is 52.5 Å². The molecular weight excluding hydrogens is 470 g/mol. The van der Waals surface area contributed by atoms with Crippen LogP contribution in [-0.2, 0) is 17.6 Å². The number of aliphatic carboxylic acids is 1. The highest BCUT2D eigenvalue weighted by atomic mass is 35.5. The molecule has 6 nitrogen and oxygen atoms in total. The highest BCUT2D eigenvalue weighted by Crippen LogP contribution is 2.34. The molecule has 0 amide bonds. The van der Waals surface area contributed by atoms with E-state index < -0.39 is 5.97 Å². The van der Waals surface area contributed by atoms with E-state index in [0.29, 0.717) is 17.3 Å². The molecule has 34 heavy (non-hydrogen) atoms. The molecule has 0 bridgehead atoms. The van der Waals surface area contributed by atoms with Crippen LogP contribution in [0.1, 0.15) is 38.3 Å². The van der Waals surface area contributed by atoms with Gasteiger partial charge >= 0.3 is 5.97 Å². The molecule has 1 aromatic heterocycles. The largest absolute Gasteiger partial charge is 0.489 e. The first-order valence-electron chi connectivity index (χ1n) is 11.7. The van der Waals surface area contributed by atoms with Gasteiger partial charge in [0.25, 0.3) is 0 Å². The summed E-state index contributed by atoms with van der Waals surface area (Å²) in [6, 6.07) is 12.0. The predicted octanol–water partition coefficient (Wildman–Crippen LogP) is 5.82. The molecule has 0 unspecified atom stereocenters. The van der Waals surface area contributed by atoms with E-state index in [4.69, 9.17) is 21.3 Å². The molecular formula is C26H30ClN3O3S. The van der Waals surface area contributed by atoms with Gasteiger partial charge < -0.3 is 14.7 Å². The van der Waals surface area contributed by atoms with E-state index in [1.54, 1.807) is 0 Å². The second kappa shape index (κ2) is 10.8. The van der Waals surface area contributed by atoms with Crippen molar-refractivity contribution in [2.45, 2.75) is 46.1 Å². The molecule has 180 valence electrons. The van der Waals surface area contributed by atoms with Gasteiger partial charge in [-0.25, -0.2) is 4.98 Å². The number of likely N-dealkylation sites (tertiary alicyclic amines) is 1. The lowest BCUT2D eigenvalue weighted by atomic mass is 9.96. The number of ether oxygens (including phenoxy) is 1. The average Bonchev–Trinajstić information content (AvgIpc) is 3.48. The quantitative estimate of drug-likeness (QED) is 0.399. The van der Waals surface area contributed by atoms with Crippen LogP contribution in [0, 0.1) is 5.92 Å². The van der Waals surface area contributed by atoms with Crippen LogP contribution in [0.2, 0.25) is 5.02 Å². The Morgan fingerprint density at radius 1 is 1.32 bits per heavy atom. The Morgan fingerprint density at radius 2 is 2.15 bits per heavy atom. The van der Waals surface area contributed by atoms with E-state index in [1.807, 2.05) is 32.0 Å². The third-order valence-electron chi connectivity index (χ3n) is 6.15. The maximum absolute atomic E-state index is 11.3. The molecule has 0 spiro atoms. The van der Waals surface area contributed by atoms with Crippen molar-refractivity contribution in [3.8, 4) is 27.7 Å². The standard InChI is InChI=1S/C26H30ClN3O3S/c1-4-20-17(10-12-30-13-11-19(15-30)26(31)32)6-5-7-21(20)24-28-25(34-29-24)18-8-9-23(22(27)14-18)33-16(2)3/h5-9,14,16,19H,4,10-13,15H2,1-3H3,(H,31,32)/t19-/m0/s1. The van der Waals surface area contributed by atoms with E-state index in [9.17, 15) is 9.90 Å². The summed E-state index contributed by atoms with van der Waals surface area (Å²) < 4.78 is 10.4. The Hall–Kier alpha value is -2.48. The maximum atomic E-state index is 11.3. The van der Waals surface area contributed by atoms with Crippen LogP contribution in [0.5, 0.6) is 5.75 Å². The summed E-state index contributed by atoms with van der Waals surface area (Å²) in [5.41, 5.74) is 4.49. The summed E-state index contributed by atoms with van der Waals surface area (Å²) in [6.07, 6.45) is 2.55. The van der Waals surface area contributed by atoms with Gasteiger partial charge in [0.1, 0.15) is 10.8 Å². The fourth-order valence-corrected chi connectivity index (χ4v) is 5.34. The minimum Gasteiger partial charge on any atom is -0.489 e. The number of carboxylic acid groups (broad SMARTS) is 1. The van der Waals surface area contributed by atoms with Gasteiger partial charge in [-0.3, -0.25) is 4.79 Å². The highest BCUT2D eigenvalue weighted by molar-refractivity contribution is 7.09. The molecule has 4 rings (SSSR count). The van der Waals surface area contributed by atoms with Gasteiger partial charge in [0, 0.05) is 24.2 Å². The van der Waals surface area contributed by atoms with Crippen molar-refractivity contribution < 1.29 is 14.6 Å². The number of nitrogens with zero attached hydrogens (tertiary/aromatic N) is 3. The van der Waals surface area contributed by atoms with Crippen LogP contribution < -0.4 is 4.74 Å². The van der Waals surface area contributed by atoms with E-state index >= 15 is 0 Å². The van der Waals surface area contributed by atoms with Gasteiger partial charge in [-0.1, -0.05) is 36.7 Å². The number of benzene rings is 2. The molecule has 1 aliphatic rings. The first-order valence-corrected chi connectivity index (χ1v) is 12.9. The molecule has 8 heteroatoms. The van der Waals surface area contributed by atoms with Gasteiger partial charge in [0.05, 0.1) is 17.0 Å². The van der Waals surface area contributed by atoms with Crippen molar-refractivity contribution in [1.29, 1.82) is 0 Å². The van der Waals surface area contributed by atoms with Gasteiger partial charge in [-0.05, 0) is 80.5 Å². The smallest absolute Gasteiger partial charge is 0.307 e. The van der Waals surface area contributed by atoms with E-state index in [-0.39, 0.29) is 12.0 Å². The number of rotatable bonds is 9. The number of hydrogen-bond donors (Lipinski definition) is 1. The number of halogens is 1. The van der Waals surface area contributed by atoms with Crippen LogP contribution in [0.3, 0.4) is 0 Å². The molecule has 1 N–H and O–H groups in total. The predicted molar refractivity (Wildman–Crippen MR) is 137 cm³/mol. The third kappa shape index (κ3) is 5.59. The maximum Gasteiger partial charge on any atom is 0.307 e. The fourth-order valence-electron chi connectivity index (χ4n) is 4.45. The summed E-state index contributed by atoms with van der Waals surface area (Å²) >= 11 is 7.79. The second-order valence-electron chi connectivity index (χ2n) is 8.91. The minimum atomic E-state index is -0.687. The zero-order chi connectivity index (χ0) is 24.2. The van der Waals surface area contributed by atoms with Crippen LogP contribution in [0.25, 0.3) is 22.0 Å². The van der Waals surface area contributed by atoms with Gasteiger partial charge in [0.2, 0.25) is 0 Å². The second-order valence-corrected chi connectivity index (χ2v) is 10.1. The molecule has 1 aliphatic heterocycles. The molecule has 1 fully saturated rings. The van der Waals surface area contributed by atoms with E-state index in [2.05, 4.69) is 34.4 Å². The minimum absolute atomic E-state index is 0.0558. The Labute approximate surface area is 209 Å². The molecule has 0 saturated carbocycles. The van der Waals surface area contributed by atoms with E-state index in [0.717, 1.165) is 54.3 Å². The zero-order valence-electron chi connectivity index (χ0n) is 19.8. The molecule has 0 radical (unpaired) electrons. The first kappa shape index (κ1) is 24.6. The normalized spacial score (nSPS) is 16.3. The molecule has 1 atom stereocenters. The molecule has 2 heterocycles. The van der Waals surface area contributed by atoms with Crippen molar-refractivity contribution in [2.75, 3.05) is 19.6 Å². The monoisotopic (exact) mass is 499 g/mol. The number of carbonyl (C=O) groups is 1. The number of hydrogen-bond acceptors (Lipinski definition) is 6. The summed E-state index contributed by atoms with van der Waals surface area (Å²) in [5.74, 6) is 0.463. The summed E-state index contributed by atoms with van der Waals surface area (Å²) in [5, 5.41) is 10.6. The Bertz CT molecular complexity index is 1160. The Balaban J connectivity index is 1.52. The summed E-state index contributed by atoms with van der Waals surface area (Å²) in [4.78, 5) is 18.3. The Morgan fingerprint density at radius 3 is 2.82 bits per heavy atom. The molecule has 1 saturated heterocycles. The van der Waals surface area contributed by atoms with Crippen LogP contribution in [-0.4, -0.2) is 51.1 Å². The summed E-state index contributed by atoms with van der Waals surface area (Å²) in [6.45, 7) is 8.44. The van der Waals surface area contributed by atoms with Gasteiger partial charge in [-0.2, -0.15) is 4.37 Å². The zero-order valence-corrected chi connectivity index (χ0v) is 21.3. The molecule has 3 aromatic rings. The highest BCUT2D eigenvalue weighted by Gasteiger charge is 2.27. The van der Waals surface area contributed by atoms with Crippen LogP contribution >= 0.6 is 23.1 Å². The molecule has 0 aliphatic carbocycles. The number of carboxylic acids is 1. The fraction of sp³-hybridized carbons (Fsp3) is 0.423. The third-order valence-corrected chi connectivity index (χ3v) is 7.21. The van der Waals surface area contributed by atoms with Crippen molar-refractivity contribution >= 4 is 29.1 Å². The van der Waals surface area contributed by atoms with Crippen LogP contribution in [0.4, 0.5) is 0 Å². The van der Waals surface area contributed by atoms with Crippen LogP contribution in [0.15, 0.2) is 36.4 Å². The lowest BCUT2D eigenvalue weighted by Gasteiger charge is -2.17. The summed E-state index contributed by atoms with van der Waals surface area (Å²) in [7, 11) is 0. The molecule has 2 aromatic carbocycles. The lowest BCUT2D eigenvalue weighted by molar-refractivity contribution is -0.141. The first-order chi connectivity index (χ1) is 16.4. The lowest BCUT2D eigenvalue weighted by Crippen LogP contribution is -2.25. The van der Waals surface area contributed by atoms with Crippen molar-refractivity contribution in [1.82, 2.24) is 14.3 Å². The Kier molecular flexibility index (Phi) is 7.86. The SMILES string of the molecule is CCc1c(CCN2CC[C@H](C(=O)O)C2)cccc1-c1nsc(-c2ccc(OC(C)C)c(Cl)c2)n1. The van der Waals surface area contributed by atoms with Gasteiger partial charge in [0.15, 0.2) is 5.82 Å².